The molecule has 0 radical (unpaired) electrons. The average molecular weight is 334 g/mol. The molecule has 1 aliphatic heterocycles. The molecule has 1 saturated heterocycles. The van der Waals surface area contributed by atoms with E-state index in [0.717, 1.165) is 43.6 Å². The van der Waals surface area contributed by atoms with Gasteiger partial charge < -0.3 is 9.32 Å². The molecule has 0 spiro atoms. The van der Waals surface area contributed by atoms with E-state index >= 15 is 0 Å². The van der Waals surface area contributed by atoms with Crippen molar-refractivity contribution in [2.24, 2.45) is 5.92 Å². The summed E-state index contributed by atoms with van der Waals surface area (Å²) in [6, 6.07) is 16.1. The van der Waals surface area contributed by atoms with Crippen molar-refractivity contribution in [3.63, 3.8) is 0 Å². The number of aryl methyl sites for hydroxylation is 1. The Morgan fingerprint density at radius 2 is 1.92 bits per heavy atom. The molecule has 2 aromatic heterocycles. The number of piperidine rings is 1. The van der Waals surface area contributed by atoms with E-state index in [4.69, 9.17) is 4.42 Å². The molecule has 1 aromatic carbocycles. The first kappa shape index (κ1) is 15.9. The lowest BCUT2D eigenvalue weighted by molar-refractivity contribution is 0.0661. The number of likely N-dealkylation sites (tertiary alicyclic amines) is 1. The molecule has 0 N–H and O–H groups in total. The second-order valence-electron chi connectivity index (χ2n) is 6.87. The number of amides is 1. The zero-order valence-corrected chi connectivity index (χ0v) is 14.4. The summed E-state index contributed by atoms with van der Waals surface area (Å²) >= 11 is 0. The minimum Gasteiger partial charge on any atom is -0.449 e. The Bertz CT molecular complexity index is 877. The fraction of sp³-hybridized carbons (Fsp3) is 0.333. The second kappa shape index (κ2) is 6.71. The molecule has 3 aromatic rings. The number of hydrogen-bond acceptors (Lipinski definition) is 3. The van der Waals surface area contributed by atoms with Crippen molar-refractivity contribution in [1.29, 1.82) is 0 Å². The molecule has 25 heavy (non-hydrogen) atoms. The van der Waals surface area contributed by atoms with Crippen LogP contribution in [0.4, 0.5) is 0 Å². The number of fused-ring (bicyclic) bond motifs is 1. The van der Waals surface area contributed by atoms with Gasteiger partial charge in [0.05, 0.1) is 0 Å². The molecule has 128 valence electrons. The molecule has 4 heteroatoms. The summed E-state index contributed by atoms with van der Waals surface area (Å²) in [5, 5.41) is 0. The van der Waals surface area contributed by atoms with Gasteiger partial charge in [-0.05, 0) is 49.8 Å². The third kappa shape index (κ3) is 3.43. The maximum atomic E-state index is 12.7. The van der Waals surface area contributed by atoms with Gasteiger partial charge in [-0.15, -0.1) is 0 Å². The van der Waals surface area contributed by atoms with Crippen LogP contribution in [0.2, 0.25) is 0 Å². The minimum atomic E-state index is -0.0196. The van der Waals surface area contributed by atoms with E-state index in [2.05, 4.69) is 35.3 Å². The van der Waals surface area contributed by atoms with Crippen LogP contribution in [0.15, 0.2) is 52.9 Å². The van der Waals surface area contributed by atoms with Crippen LogP contribution in [0.25, 0.3) is 11.1 Å². The van der Waals surface area contributed by atoms with E-state index in [9.17, 15) is 4.79 Å². The minimum absolute atomic E-state index is 0.0196. The maximum Gasteiger partial charge on any atom is 0.289 e. The molecule has 3 heterocycles. The van der Waals surface area contributed by atoms with Gasteiger partial charge in [-0.2, -0.15) is 0 Å². The zero-order chi connectivity index (χ0) is 17.2. The van der Waals surface area contributed by atoms with Crippen LogP contribution >= 0.6 is 0 Å². The first-order valence-electron chi connectivity index (χ1n) is 8.89. The molecule has 0 atom stereocenters. The van der Waals surface area contributed by atoms with Crippen molar-refractivity contribution < 1.29 is 9.21 Å². The molecular weight excluding hydrogens is 312 g/mol. The van der Waals surface area contributed by atoms with Crippen LogP contribution in [0.3, 0.4) is 0 Å². The SMILES string of the molecule is Cc1ccc2oc(C(=O)N3CCC(Cc4ccccc4)CC3)cc2n1. The van der Waals surface area contributed by atoms with E-state index in [1.807, 2.05) is 24.0 Å². The quantitative estimate of drug-likeness (QED) is 0.720. The largest absolute Gasteiger partial charge is 0.449 e. The standard InChI is InChI=1S/C21H22N2O2/c1-15-7-8-19-18(22-15)14-20(25-19)21(24)23-11-9-17(10-12-23)13-16-5-3-2-4-6-16/h2-8,14,17H,9-13H2,1H3. The number of benzene rings is 1. The van der Waals surface area contributed by atoms with Gasteiger partial charge in [-0.3, -0.25) is 4.79 Å². The summed E-state index contributed by atoms with van der Waals surface area (Å²) in [6.07, 6.45) is 3.17. The van der Waals surface area contributed by atoms with E-state index in [-0.39, 0.29) is 5.91 Å². The van der Waals surface area contributed by atoms with Crippen LogP contribution in [0, 0.1) is 12.8 Å². The summed E-state index contributed by atoms with van der Waals surface area (Å²) in [5.41, 5.74) is 3.73. The van der Waals surface area contributed by atoms with Gasteiger partial charge in [0.25, 0.3) is 5.91 Å². The van der Waals surface area contributed by atoms with Crippen LogP contribution < -0.4 is 0 Å². The van der Waals surface area contributed by atoms with Crippen LogP contribution in [-0.2, 0) is 6.42 Å². The highest BCUT2D eigenvalue weighted by Crippen LogP contribution is 2.24. The lowest BCUT2D eigenvalue weighted by atomic mass is 9.90. The third-order valence-corrected chi connectivity index (χ3v) is 4.99. The molecule has 4 nitrogen and oxygen atoms in total. The highest BCUT2D eigenvalue weighted by atomic mass is 16.3. The Morgan fingerprint density at radius 1 is 1.16 bits per heavy atom. The van der Waals surface area contributed by atoms with Gasteiger partial charge >= 0.3 is 0 Å². The first-order chi connectivity index (χ1) is 12.2. The number of hydrogen-bond donors (Lipinski definition) is 0. The van der Waals surface area contributed by atoms with Crippen LogP contribution in [0.1, 0.15) is 34.7 Å². The van der Waals surface area contributed by atoms with E-state index < -0.39 is 0 Å². The Hall–Kier alpha value is -2.62. The third-order valence-electron chi connectivity index (χ3n) is 4.99. The number of pyridine rings is 1. The summed E-state index contributed by atoms with van der Waals surface area (Å²) in [5.74, 6) is 1.02. The van der Waals surface area contributed by atoms with Crippen molar-refractivity contribution in [2.75, 3.05) is 13.1 Å². The van der Waals surface area contributed by atoms with E-state index in [1.165, 1.54) is 5.56 Å². The first-order valence-corrected chi connectivity index (χ1v) is 8.89. The second-order valence-corrected chi connectivity index (χ2v) is 6.87. The molecule has 0 bridgehead atoms. The van der Waals surface area contributed by atoms with E-state index in [0.29, 0.717) is 17.3 Å². The molecule has 0 unspecified atom stereocenters. The Morgan fingerprint density at radius 3 is 2.68 bits per heavy atom. The summed E-state index contributed by atoms with van der Waals surface area (Å²) in [7, 11) is 0. The number of rotatable bonds is 3. The molecular formula is C21H22N2O2. The lowest BCUT2D eigenvalue weighted by Gasteiger charge is -2.31. The Labute approximate surface area is 147 Å². The van der Waals surface area contributed by atoms with Crippen molar-refractivity contribution in [3.05, 3.63) is 65.5 Å². The lowest BCUT2D eigenvalue weighted by Crippen LogP contribution is -2.38. The summed E-state index contributed by atoms with van der Waals surface area (Å²) < 4.78 is 5.71. The predicted octanol–water partition coefficient (Wildman–Crippen LogP) is 4.23. The number of nitrogens with zero attached hydrogens (tertiary/aromatic N) is 2. The monoisotopic (exact) mass is 334 g/mol. The van der Waals surface area contributed by atoms with Crippen LogP contribution in [-0.4, -0.2) is 28.9 Å². The number of aromatic nitrogens is 1. The normalized spacial score (nSPS) is 15.6. The molecule has 4 rings (SSSR count). The van der Waals surface area contributed by atoms with Gasteiger partial charge in [0.2, 0.25) is 0 Å². The van der Waals surface area contributed by atoms with Crippen molar-refractivity contribution in [2.45, 2.75) is 26.2 Å². The van der Waals surface area contributed by atoms with Gasteiger partial charge in [0.1, 0.15) is 5.52 Å². The molecule has 1 aliphatic rings. The maximum absolute atomic E-state index is 12.7. The smallest absolute Gasteiger partial charge is 0.289 e. The summed E-state index contributed by atoms with van der Waals surface area (Å²) in [4.78, 5) is 19.1. The van der Waals surface area contributed by atoms with E-state index in [1.54, 1.807) is 6.07 Å². The molecule has 1 fully saturated rings. The topological polar surface area (TPSA) is 46.3 Å². The highest BCUT2D eigenvalue weighted by molar-refractivity contribution is 5.95. The average Bonchev–Trinajstić information content (AvgIpc) is 3.06. The zero-order valence-electron chi connectivity index (χ0n) is 14.4. The van der Waals surface area contributed by atoms with Crippen molar-refractivity contribution in [1.82, 2.24) is 9.88 Å². The van der Waals surface area contributed by atoms with Crippen molar-refractivity contribution >= 4 is 17.0 Å². The molecule has 1 amide bonds. The number of furan rings is 1. The Balaban J connectivity index is 1.40. The highest BCUT2D eigenvalue weighted by Gasteiger charge is 2.26. The fourth-order valence-electron chi connectivity index (χ4n) is 3.57. The summed E-state index contributed by atoms with van der Waals surface area (Å²) in [6.45, 7) is 3.52. The Kier molecular flexibility index (Phi) is 4.26. The number of carbonyl (C=O) groups is 1. The van der Waals surface area contributed by atoms with Crippen molar-refractivity contribution in [3.8, 4) is 0 Å². The van der Waals surface area contributed by atoms with Gasteiger partial charge in [-0.25, -0.2) is 4.98 Å². The molecule has 0 saturated carbocycles. The van der Waals surface area contributed by atoms with Crippen LogP contribution in [0.5, 0.6) is 0 Å². The molecule has 0 aliphatic carbocycles. The predicted molar refractivity (Wildman–Crippen MR) is 97.5 cm³/mol. The van der Waals surface area contributed by atoms with Gasteiger partial charge in [0, 0.05) is 24.8 Å². The van der Waals surface area contributed by atoms with Gasteiger partial charge in [-0.1, -0.05) is 30.3 Å². The fourth-order valence-corrected chi connectivity index (χ4v) is 3.57. The number of carbonyl (C=O) groups excluding carboxylic acids is 1. The van der Waals surface area contributed by atoms with Gasteiger partial charge in [0.15, 0.2) is 11.3 Å².